The van der Waals surface area contributed by atoms with Gasteiger partial charge in [-0.2, -0.15) is 0 Å². The fourth-order valence-corrected chi connectivity index (χ4v) is 2.91. The van der Waals surface area contributed by atoms with Crippen LogP contribution < -0.4 is 0 Å². The molecule has 0 saturated heterocycles. The van der Waals surface area contributed by atoms with Crippen LogP contribution in [0.2, 0.25) is 0 Å². The molecule has 0 bridgehead atoms. The molecule has 100 valence electrons. The topological polar surface area (TPSA) is 20.2 Å². The van der Waals surface area contributed by atoms with E-state index in [1.54, 1.807) is 30.8 Å². The maximum Gasteiger partial charge on any atom is 0.137 e. The zero-order chi connectivity index (χ0) is 13.8. The van der Waals surface area contributed by atoms with E-state index < -0.39 is 6.10 Å². The maximum absolute atomic E-state index is 13.1. The average molecular weight is 341 g/mol. The van der Waals surface area contributed by atoms with Crippen molar-refractivity contribution >= 4 is 27.7 Å². The lowest BCUT2D eigenvalue weighted by Crippen LogP contribution is -1.89. The van der Waals surface area contributed by atoms with Gasteiger partial charge in [-0.05, 0) is 58.2 Å². The van der Waals surface area contributed by atoms with E-state index in [9.17, 15) is 9.50 Å². The number of benzene rings is 2. The lowest BCUT2D eigenvalue weighted by Gasteiger charge is -2.06. The molecule has 2 aromatic carbocycles. The third-order valence-corrected chi connectivity index (χ3v) is 4.44. The van der Waals surface area contributed by atoms with Crippen molar-refractivity contribution in [2.75, 3.05) is 0 Å². The van der Waals surface area contributed by atoms with Gasteiger partial charge in [-0.15, -0.1) is 11.8 Å². The highest BCUT2D eigenvalue weighted by Crippen LogP contribution is 2.26. The van der Waals surface area contributed by atoms with Crippen LogP contribution in [0, 0.1) is 5.82 Å². The molecule has 0 saturated carbocycles. The Kier molecular flexibility index (Phi) is 5.02. The van der Waals surface area contributed by atoms with Crippen molar-refractivity contribution in [3.8, 4) is 0 Å². The second kappa shape index (κ2) is 6.55. The maximum atomic E-state index is 13.1. The van der Waals surface area contributed by atoms with Gasteiger partial charge in [0, 0.05) is 10.6 Å². The molecule has 2 rings (SSSR count). The van der Waals surface area contributed by atoms with Gasteiger partial charge in [0.1, 0.15) is 5.82 Å². The highest BCUT2D eigenvalue weighted by molar-refractivity contribution is 9.10. The van der Waals surface area contributed by atoms with Crippen LogP contribution >= 0.6 is 27.7 Å². The van der Waals surface area contributed by atoms with Gasteiger partial charge in [0.15, 0.2) is 0 Å². The van der Waals surface area contributed by atoms with Crippen molar-refractivity contribution < 1.29 is 9.50 Å². The predicted octanol–water partition coefficient (Wildman–Crippen LogP) is 4.93. The largest absolute Gasteiger partial charge is 0.389 e. The molecule has 0 fully saturated rings. The molecule has 4 heteroatoms. The van der Waals surface area contributed by atoms with Crippen molar-refractivity contribution in [2.24, 2.45) is 0 Å². The Bertz CT molecular complexity index is 555. The summed E-state index contributed by atoms with van der Waals surface area (Å²) in [5.41, 5.74) is 1.98. The Hall–Kier alpha value is -0.840. The molecule has 1 unspecified atom stereocenters. The molecule has 1 nitrogen and oxygen atoms in total. The fraction of sp³-hybridized carbons (Fsp3) is 0.200. The molecular weight excluding hydrogens is 327 g/mol. The van der Waals surface area contributed by atoms with Crippen molar-refractivity contribution in [3.05, 3.63) is 63.9 Å². The van der Waals surface area contributed by atoms with Crippen molar-refractivity contribution in [3.63, 3.8) is 0 Å². The number of aliphatic hydroxyl groups excluding tert-OH is 1. The average Bonchev–Trinajstić information content (AvgIpc) is 2.40. The van der Waals surface area contributed by atoms with Gasteiger partial charge in [-0.3, -0.25) is 0 Å². The first-order valence-electron chi connectivity index (χ1n) is 5.91. The van der Waals surface area contributed by atoms with Gasteiger partial charge >= 0.3 is 0 Å². The van der Waals surface area contributed by atoms with Crippen molar-refractivity contribution in [1.29, 1.82) is 0 Å². The Morgan fingerprint density at radius 2 is 1.89 bits per heavy atom. The Labute approximate surface area is 125 Å². The summed E-state index contributed by atoms with van der Waals surface area (Å²) in [5, 5.41) is 9.43. The van der Waals surface area contributed by atoms with Gasteiger partial charge in [-0.25, -0.2) is 4.39 Å². The summed E-state index contributed by atoms with van der Waals surface area (Å²) in [5.74, 6) is 0.544. The van der Waals surface area contributed by atoms with Gasteiger partial charge in [0.2, 0.25) is 0 Å². The standard InChI is InChI=1S/C15H14BrFOS/c1-10(18)12-3-5-13(6-4-12)19-9-11-2-7-15(17)14(16)8-11/h2-8,10,18H,9H2,1H3. The lowest BCUT2D eigenvalue weighted by molar-refractivity contribution is 0.199. The molecular formula is C15H14BrFOS. The van der Waals surface area contributed by atoms with Crippen LogP contribution in [0.5, 0.6) is 0 Å². The highest BCUT2D eigenvalue weighted by Gasteiger charge is 2.03. The third kappa shape index (κ3) is 4.06. The SMILES string of the molecule is CC(O)c1ccc(SCc2ccc(F)c(Br)c2)cc1. The second-order valence-corrected chi connectivity index (χ2v) is 6.19. The molecule has 1 N–H and O–H groups in total. The molecule has 0 aliphatic carbocycles. The van der Waals surface area contributed by atoms with E-state index in [0.717, 1.165) is 21.8 Å². The second-order valence-electron chi connectivity index (χ2n) is 4.28. The number of aliphatic hydroxyl groups is 1. The number of hydrogen-bond acceptors (Lipinski definition) is 2. The normalized spacial score (nSPS) is 12.4. The van der Waals surface area contributed by atoms with Crippen LogP contribution in [-0.4, -0.2) is 5.11 Å². The third-order valence-electron chi connectivity index (χ3n) is 2.75. The molecule has 0 heterocycles. The summed E-state index contributed by atoms with van der Waals surface area (Å²) in [4.78, 5) is 1.13. The monoisotopic (exact) mass is 340 g/mol. The van der Waals surface area contributed by atoms with Gasteiger partial charge in [-0.1, -0.05) is 18.2 Å². The van der Waals surface area contributed by atoms with E-state index in [1.165, 1.54) is 6.07 Å². The first kappa shape index (κ1) is 14.6. The van der Waals surface area contributed by atoms with Crippen LogP contribution in [0.4, 0.5) is 4.39 Å². The van der Waals surface area contributed by atoms with Crippen molar-refractivity contribution in [1.82, 2.24) is 0 Å². The summed E-state index contributed by atoms with van der Waals surface area (Å²) in [6, 6.07) is 12.9. The lowest BCUT2D eigenvalue weighted by atomic mass is 10.1. The molecule has 0 aliphatic rings. The Morgan fingerprint density at radius 1 is 1.21 bits per heavy atom. The molecule has 0 aromatic heterocycles. The van der Waals surface area contributed by atoms with Crippen molar-refractivity contribution in [2.45, 2.75) is 23.7 Å². The van der Waals surface area contributed by atoms with E-state index in [-0.39, 0.29) is 5.82 Å². The van der Waals surface area contributed by atoms with Crippen LogP contribution in [0.25, 0.3) is 0 Å². The molecule has 19 heavy (non-hydrogen) atoms. The zero-order valence-corrected chi connectivity index (χ0v) is 12.8. The fourth-order valence-electron chi connectivity index (χ4n) is 1.64. The quantitative estimate of drug-likeness (QED) is 0.796. The zero-order valence-electron chi connectivity index (χ0n) is 10.4. The van der Waals surface area contributed by atoms with E-state index in [1.807, 2.05) is 24.3 Å². The highest BCUT2D eigenvalue weighted by atomic mass is 79.9. The predicted molar refractivity (Wildman–Crippen MR) is 80.7 cm³/mol. The van der Waals surface area contributed by atoms with Crippen LogP contribution in [0.3, 0.4) is 0 Å². The summed E-state index contributed by atoms with van der Waals surface area (Å²) in [7, 11) is 0. The van der Waals surface area contributed by atoms with E-state index in [0.29, 0.717) is 4.47 Å². The van der Waals surface area contributed by atoms with Crippen LogP contribution in [0.15, 0.2) is 51.8 Å². The number of halogens is 2. The van der Waals surface area contributed by atoms with E-state index in [2.05, 4.69) is 15.9 Å². The minimum absolute atomic E-state index is 0.241. The Morgan fingerprint density at radius 3 is 2.47 bits per heavy atom. The van der Waals surface area contributed by atoms with Crippen LogP contribution in [0.1, 0.15) is 24.2 Å². The minimum atomic E-state index is -0.438. The summed E-state index contributed by atoms with van der Waals surface area (Å²) in [6.07, 6.45) is -0.438. The van der Waals surface area contributed by atoms with Gasteiger partial charge < -0.3 is 5.11 Å². The molecule has 0 radical (unpaired) electrons. The van der Waals surface area contributed by atoms with Gasteiger partial charge in [0.25, 0.3) is 0 Å². The first-order chi connectivity index (χ1) is 9.06. The summed E-state index contributed by atoms with van der Waals surface area (Å²) < 4.78 is 13.6. The van der Waals surface area contributed by atoms with Gasteiger partial charge in [0.05, 0.1) is 10.6 Å². The molecule has 0 amide bonds. The van der Waals surface area contributed by atoms with Crippen LogP contribution in [-0.2, 0) is 5.75 Å². The number of thioether (sulfide) groups is 1. The molecule has 0 spiro atoms. The Balaban J connectivity index is 2.00. The first-order valence-corrected chi connectivity index (χ1v) is 7.69. The minimum Gasteiger partial charge on any atom is -0.389 e. The molecule has 2 aromatic rings. The summed E-state index contributed by atoms with van der Waals surface area (Å²) in [6.45, 7) is 1.75. The smallest absolute Gasteiger partial charge is 0.137 e. The number of hydrogen-bond donors (Lipinski definition) is 1. The van der Waals surface area contributed by atoms with E-state index in [4.69, 9.17) is 0 Å². The summed E-state index contributed by atoms with van der Waals surface area (Å²) >= 11 is 4.87. The molecule has 1 atom stereocenters. The molecule has 0 aliphatic heterocycles. The number of rotatable bonds is 4. The van der Waals surface area contributed by atoms with E-state index >= 15 is 0 Å².